The van der Waals surface area contributed by atoms with Crippen molar-refractivity contribution >= 4 is 45.7 Å². The Morgan fingerprint density at radius 1 is 1.03 bits per heavy atom. The molecular formula is C18H17BrFN7O2. The molecule has 0 spiro atoms. The number of phenols is 2. The molecule has 0 atom stereocenters. The zero-order valence-corrected chi connectivity index (χ0v) is 17.0. The maximum absolute atomic E-state index is 13.1. The highest BCUT2D eigenvalue weighted by Gasteiger charge is 2.09. The average molecular weight is 462 g/mol. The number of benzene rings is 2. The van der Waals surface area contributed by atoms with Crippen molar-refractivity contribution in [3.63, 3.8) is 0 Å². The lowest BCUT2D eigenvalue weighted by molar-refractivity contribution is 0.448. The smallest absolute Gasteiger partial charge is 0.250 e. The molecule has 0 saturated heterocycles. The quantitative estimate of drug-likeness (QED) is 0.325. The molecule has 0 unspecified atom stereocenters. The first kappa shape index (κ1) is 20.3. The number of phenolic OH excluding ortho intramolecular Hbond substituents is 2. The minimum Gasteiger partial charge on any atom is -0.507 e. The summed E-state index contributed by atoms with van der Waals surface area (Å²) in [5.41, 5.74) is 3.65. The van der Waals surface area contributed by atoms with Crippen molar-refractivity contribution < 1.29 is 14.6 Å². The molecule has 1 heterocycles. The summed E-state index contributed by atoms with van der Waals surface area (Å²) in [4.78, 5) is 14.4. The van der Waals surface area contributed by atoms with Gasteiger partial charge in [0.15, 0.2) is 0 Å². The van der Waals surface area contributed by atoms with Crippen molar-refractivity contribution in [3.8, 4) is 11.5 Å². The van der Waals surface area contributed by atoms with Gasteiger partial charge < -0.3 is 20.4 Å². The third kappa shape index (κ3) is 5.29. The van der Waals surface area contributed by atoms with E-state index in [-0.39, 0.29) is 29.2 Å². The normalized spacial score (nSPS) is 10.9. The van der Waals surface area contributed by atoms with Crippen LogP contribution in [0.4, 0.5) is 27.9 Å². The molecule has 4 N–H and O–H groups in total. The lowest BCUT2D eigenvalue weighted by Gasteiger charge is -2.13. The standard InChI is InChI=1S/C18H17BrFN7O2/c1-27(2)18-24-16(22-12-5-3-11(20)4-6-12)23-17(25-18)26-21-9-10-7-13(19)15(29)8-14(10)28/h3-9,28-29H,1-2H3,(H2,22,23,24,25,26)/b21-9-. The van der Waals surface area contributed by atoms with Crippen LogP contribution in [0.2, 0.25) is 0 Å². The van der Waals surface area contributed by atoms with Gasteiger partial charge in [0.1, 0.15) is 17.3 Å². The summed E-state index contributed by atoms with van der Waals surface area (Å²) < 4.78 is 13.5. The summed E-state index contributed by atoms with van der Waals surface area (Å²) in [5, 5.41) is 26.4. The zero-order valence-electron chi connectivity index (χ0n) is 15.4. The summed E-state index contributed by atoms with van der Waals surface area (Å²) in [6.45, 7) is 0. The van der Waals surface area contributed by atoms with Crippen molar-refractivity contribution in [3.05, 3.63) is 52.3 Å². The molecule has 1 aromatic heterocycles. The minimum absolute atomic E-state index is 0.0859. The fourth-order valence-corrected chi connectivity index (χ4v) is 2.52. The Morgan fingerprint density at radius 2 is 1.72 bits per heavy atom. The fourth-order valence-electron chi connectivity index (χ4n) is 2.16. The third-order valence-electron chi connectivity index (χ3n) is 3.59. The molecule has 0 amide bonds. The largest absolute Gasteiger partial charge is 0.507 e. The molecule has 0 saturated carbocycles. The molecule has 0 aliphatic rings. The number of nitrogens with zero attached hydrogens (tertiary/aromatic N) is 5. The zero-order chi connectivity index (χ0) is 21.0. The molecule has 2 aromatic carbocycles. The van der Waals surface area contributed by atoms with E-state index in [1.807, 2.05) is 0 Å². The fraction of sp³-hybridized carbons (Fsp3) is 0.111. The Hall–Kier alpha value is -3.47. The number of aromatic hydroxyl groups is 2. The molecule has 0 aliphatic heterocycles. The van der Waals surface area contributed by atoms with Crippen LogP contribution in [0.15, 0.2) is 46.0 Å². The third-order valence-corrected chi connectivity index (χ3v) is 4.22. The van der Waals surface area contributed by atoms with E-state index in [4.69, 9.17) is 0 Å². The Bertz CT molecular complexity index is 1050. The summed E-state index contributed by atoms with van der Waals surface area (Å²) in [6, 6.07) is 8.47. The molecule has 150 valence electrons. The van der Waals surface area contributed by atoms with Gasteiger partial charge in [-0.2, -0.15) is 20.1 Å². The molecule has 0 aliphatic carbocycles. The maximum Gasteiger partial charge on any atom is 0.250 e. The molecule has 11 heteroatoms. The van der Waals surface area contributed by atoms with Crippen molar-refractivity contribution in [1.29, 1.82) is 0 Å². The number of hydrogen-bond acceptors (Lipinski definition) is 9. The van der Waals surface area contributed by atoms with Gasteiger partial charge in [-0.15, -0.1) is 0 Å². The maximum atomic E-state index is 13.1. The van der Waals surface area contributed by atoms with Crippen LogP contribution in [-0.4, -0.2) is 45.5 Å². The highest BCUT2D eigenvalue weighted by Crippen LogP contribution is 2.30. The number of halogens is 2. The van der Waals surface area contributed by atoms with E-state index in [0.717, 1.165) is 0 Å². The lowest BCUT2D eigenvalue weighted by atomic mass is 10.2. The van der Waals surface area contributed by atoms with Crippen LogP contribution < -0.4 is 15.6 Å². The van der Waals surface area contributed by atoms with Crippen LogP contribution >= 0.6 is 15.9 Å². The second-order valence-electron chi connectivity index (χ2n) is 6.04. The van der Waals surface area contributed by atoms with Gasteiger partial charge in [-0.05, 0) is 46.3 Å². The Labute approximate surface area is 174 Å². The molecular weight excluding hydrogens is 445 g/mol. The Balaban J connectivity index is 1.82. The first-order valence-corrected chi connectivity index (χ1v) is 9.07. The van der Waals surface area contributed by atoms with Gasteiger partial charge in [0, 0.05) is 31.4 Å². The van der Waals surface area contributed by atoms with E-state index >= 15 is 0 Å². The van der Waals surface area contributed by atoms with Crippen molar-refractivity contribution in [1.82, 2.24) is 15.0 Å². The molecule has 0 radical (unpaired) electrons. The van der Waals surface area contributed by atoms with Gasteiger partial charge in [0.05, 0.1) is 10.7 Å². The van der Waals surface area contributed by atoms with E-state index in [1.165, 1.54) is 30.5 Å². The van der Waals surface area contributed by atoms with Crippen LogP contribution in [0.5, 0.6) is 11.5 Å². The predicted molar refractivity (Wildman–Crippen MR) is 113 cm³/mol. The van der Waals surface area contributed by atoms with Crippen LogP contribution in [0.3, 0.4) is 0 Å². The van der Waals surface area contributed by atoms with Crippen molar-refractivity contribution in [2.45, 2.75) is 0 Å². The van der Waals surface area contributed by atoms with Crippen LogP contribution in [-0.2, 0) is 0 Å². The number of anilines is 4. The van der Waals surface area contributed by atoms with Crippen LogP contribution in [0.25, 0.3) is 0 Å². The van der Waals surface area contributed by atoms with Gasteiger partial charge in [0.25, 0.3) is 0 Å². The number of nitrogens with one attached hydrogen (secondary N) is 2. The van der Waals surface area contributed by atoms with Crippen molar-refractivity contribution in [2.24, 2.45) is 5.10 Å². The van der Waals surface area contributed by atoms with Gasteiger partial charge in [-0.25, -0.2) is 9.82 Å². The van der Waals surface area contributed by atoms with Crippen LogP contribution in [0.1, 0.15) is 5.56 Å². The van der Waals surface area contributed by atoms with Gasteiger partial charge in [0.2, 0.25) is 17.8 Å². The Kier molecular flexibility index (Phi) is 6.07. The second-order valence-corrected chi connectivity index (χ2v) is 6.90. The van der Waals surface area contributed by atoms with E-state index in [0.29, 0.717) is 21.7 Å². The number of hydrogen-bond donors (Lipinski definition) is 4. The predicted octanol–water partition coefficient (Wildman–Crippen LogP) is 3.44. The highest BCUT2D eigenvalue weighted by atomic mass is 79.9. The summed E-state index contributed by atoms with van der Waals surface area (Å²) in [6.07, 6.45) is 1.35. The lowest BCUT2D eigenvalue weighted by Crippen LogP contribution is -2.15. The molecule has 29 heavy (non-hydrogen) atoms. The topological polar surface area (TPSA) is 119 Å². The van der Waals surface area contributed by atoms with E-state index in [9.17, 15) is 14.6 Å². The first-order chi connectivity index (χ1) is 13.8. The van der Waals surface area contributed by atoms with Gasteiger partial charge in [-0.3, -0.25) is 0 Å². The minimum atomic E-state index is -0.346. The molecule has 3 rings (SSSR count). The first-order valence-electron chi connectivity index (χ1n) is 8.28. The van der Waals surface area contributed by atoms with E-state index in [2.05, 4.69) is 46.7 Å². The monoisotopic (exact) mass is 461 g/mol. The molecule has 0 bridgehead atoms. The summed E-state index contributed by atoms with van der Waals surface area (Å²) in [7, 11) is 3.55. The van der Waals surface area contributed by atoms with E-state index in [1.54, 1.807) is 31.1 Å². The number of rotatable bonds is 6. The number of aromatic nitrogens is 3. The highest BCUT2D eigenvalue weighted by molar-refractivity contribution is 9.10. The average Bonchev–Trinajstić information content (AvgIpc) is 2.67. The Morgan fingerprint density at radius 3 is 2.41 bits per heavy atom. The number of hydrazone groups is 1. The van der Waals surface area contributed by atoms with Crippen LogP contribution in [0, 0.1) is 5.82 Å². The molecule has 9 nitrogen and oxygen atoms in total. The summed E-state index contributed by atoms with van der Waals surface area (Å²) >= 11 is 3.17. The molecule has 3 aromatic rings. The van der Waals surface area contributed by atoms with Crippen molar-refractivity contribution in [2.75, 3.05) is 29.7 Å². The molecule has 0 fully saturated rings. The van der Waals surface area contributed by atoms with Gasteiger partial charge >= 0.3 is 0 Å². The van der Waals surface area contributed by atoms with E-state index < -0.39 is 0 Å². The second kappa shape index (κ2) is 8.69. The summed E-state index contributed by atoms with van der Waals surface area (Å²) in [5.74, 6) is 0.195. The SMILES string of the molecule is CN(C)c1nc(N/N=C\c2cc(Br)c(O)cc2O)nc(Nc2ccc(F)cc2)n1. The van der Waals surface area contributed by atoms with Gasteiger partial charge in [-0.1, -0.05) is 0 Å².